The summed E-state index contributed by atoms with van der Waals surface area (Å²) < 4.78 is 8.88. The van der Waals surface area contributed by atoms with Crippen LogP contribution in [0.15, 0.2) is 0 Å². The van der Waals surface area contributed by atoms with Crippen LogP contribution in [-0.4, -0.2) is 52.4 Å². The van der Waals surface area contributed by atoms with Crippen molar-refractivity contribution in [1.29, 1.82) is 0 Å². The summed E-state index contributed by atoms with van der Waals surface area (Å²) in [6.45, 7) is 0. The Morgan fingerprint density at radius 2 is 1.12 bits per heavy atom. The molecule has 0 fully saturated rings. The summed E-state index contributed by atoms with van der Waals surface area (Å²) in [6.07, 6.45) is 0. The molecule has 44 valence electrons. The van der Waals surface area contributed by atoms with Crippen LogP contribution in [0.3, 0.4) is 0 Å². The van der Waals surface area contributed by atoms with Gasteiger partial charge in [-0.1, -0.05) is 0 Å². The summed E-state index contributed by atoms with van der Waals surface area (Å²) >= 11 is 0. The zero-order chi connectivity index (χ0) is 4.50. The SMILES string of the molecule is O=P(O)(O)O.[CaH2].[Mo].[Zn]. The van der Waals surface area contributed by atoms with Crippen molar-refractivity contribution in [2.24, 2.45) is 0 Å². The van der Waals surface area contributed by atoms with Gasteiger partial charge >= 0.3 is 45.6 Å². The maximum absolute atomic E-state index is 8.88. The van der Waals surface area contributed by atoms with Gasteiger partial charge in [-0.2, -0.15) is 0 Å². The van der Waals surface area contributed by atoms with E-state index in [-0.39, 0.29) is 78.3 Å². The van der Waals surface area contributed by atoms with Crippen LogP contribution in [0.25, 0.3) is 0 Å². The normalized spacial score (nSPS) is 7.38. The maximum Gasteiger partial charge on any atom is 0 e. The van der Waals surface area contributed by atoms with Gasteiger partial charge in [-0.05, 0) is 0 Å². The van der Waals surface area contributed by atoms with Gasteiger partial charge in [-0.15, -0.1) is 0 Å². The van der Waals surface area contributed by atoms with E-state index in [2.05, 4.69) is 0 Å². The van der Waals surface area contributed by atoms with Crippen molar-refractivity contribution in [2.75, 3.05) is 0 Å². The van der Waals surface area contributed by atoms with Gasteiger partial charge in [0.15, 0.2) is 0 Å². The number of phosphoric acid groups is 1. The minimum atomic E-state index is -4.64. The molecule has 4 nitrogen and oxygen atoms in total. The molecule has 0 atom stereocenters. The minimum absolute atomic E-state index is 0. The van der Waals surface area contributed by atoms with E-state index in [4.69, 9.17) is 19.2 Å². The second-order valence-electron chi connectivity index (χ2n) is 0.513. The third kappa shape index (κ3) is 71.2. The zero-order valence-electron chi connectivity index (χ0n) is 3.31. The largest absolute Gasteiger partial charge is 0 e. The number of hydrogen-bond acceptors (Lipinski definition) is 1. The predicted octanol–water partition coefficient (Wildman–Crippen LogP) is -1.85. The molecule has 0 unspecified atom stereocenters. The fraction of sp³-hybridized carbons (Fsp3) is 0. The van der Waals surface area contributed by atoms with Crippen LogP contribution in [0, 0.1) is 0 Å². The van der Waals surface area contributed by atoms with Crippen molar-refractivity contribution in [1.82, 2.24) is 0 Å². The first-order valence-corrected chi connectivity index (χ1v) is 2.35. The molecule has 0 heterocycles. The van der Waals surface area contributed by atoms with Gasteiger partial charge in [0.25, 0.3) is 0 Å². The van der Waals surface area contributed by atoms with Crippen LogP contribution in [-0.2, 0) is 45.1 Å². The van der Waals surface area contributed by atoms with Crippen molar-refractivity contribution in [2.45, 2.75) is 0 Å². The fourth-order valence-electron chi connectivity index (χ4n) is 0. The molecule has 0 aliphatic heterocycles. The zero-order valence-corrected chi connectivity index (χ0v) is 9.18. The molecule has 0 aromatic carbocycles. The first-order chi connectivity index (χ1) is 2.00. The minimum Gasteiger partial charge on any atom is 0 e. The summed E-state index contributed by atoms with van der Waals surface area (Å²) in [5, 5.41) is 0. The van der Waals surface area contributed by atoms with Gasteiger partial charge in [0.1, 0.15) is 0 Å². The van der Waals surface area contributed by atoms with Gasteiger partial charge in [0.2, 0.25) is 0 Å². The Hall–Kier alpha value is 2.68. The number of hydrogen-bond donors (Lipinski definition) is 3. The molecule has 0 saturated carbocycles. The van der Waals surface area contributed by atoms with Gasteiger partial charge in [0.05, 0.1) is 0 Å². The van der Waals surface area contributed by atoms with Crippen molar-refractivity contribution < 1.29 is 59.8 Å². The fourth-order valence-corrected chi connectivity index (χ4v) is 0. The summed E-state index contributed by atoms with van der Waals surface area (Å²) in [5.74, 6) is 0. The molecule has 0 radical (unpaired) electrons. The third-order valence-corrected chi connectivity index (χ3v) is 0. The average Bonchev–Trinajstić information content (AvgIpc) is 0.722. The smallest absolute Gasteiger partial charge is 0 e. The summed E-state index contributed by atoms with van der Waals surface area (Å²) in [4.78, 5) is 21.6. The molecule has 8 heteroatoms. The van der Waals surface area contributed by atoms with Gasteiger partial charge in [-0.25, -0.2) is 4.57 Å². The molecule has 0 aliphatic rings. The molecular formula is H5CaMoO4PZn. The molecular weight excluding hydrogens is 296 g/mol. The van der Waals surface area contributed by atoms with Crippen LogP contribution in [0.1, 0.15) is 0 Å². The topological polar surface area (TPSA) is 77.8 Å². The summed E-state index contributed by atoms with van der Waals surface area (Å²) in [5.41, 5.74) is 0. The van der Waals surface area contributed by atoms with E-state index in [1.165, 1.54) is 0 Å². The van der Waals surface area contributed by atoms with Crippen LogP contribution in [0.4, 0.5) is 0 Å². The van der Waals surface area contributed by atoms with Crippen molar-refractivity contribution in [3.05, 3.63) is 0 Å². The second-order valence-corrected chi connectivity index (χ2v) is 1.54. The van der Waals surface area contributed by atoms with E-state index in [1.54, 1.807) is 0 Å². The standard InChI is InChI=1S/Ca.Mo.H3O4P.Zn.2H/c;;1-5(2,3)4;;;/h;;(H3,1,2,3,4);;;. The van der Waals surface area contributed by atoms with Crippen molar-refractivity contribution in [3.8, 4) is 0 Å². The molecule has 0 rings (SSSR count). The third-order valence-electron chi connectivity index (χ3n) is 0. The quantitative estimate of drug-likeness (QED) is 0.363. The van der Waals surface area contributed by atoms with Gasteiger partial charge in [-0.3, -0.25) is 0 Å². The van der Waals surface area contributed by atoms with Crippen molar-refractivity contribution in [3.63, 3.8) is 0 Å². The Bertz CT molecular complexity index is 62.2. The van der Waals surface area contributed by atoms with E-state index in [9.17, 15) is 0 Å². The van der Waals surface area contributed by atoms with E-state index < -0.39 is 7.82 Å². The average molecular weight is 301 g/mol. The van der Waals surface area contributed by atoms with E-state index in [0.29, 0.717) is 0 Å². The van der Waals surface area contributed by atoms with Crippen LogP contribution in [0.5, 0.6) is 0 Å². The monoisotopic (exact) mass is 302 g/mol. The van der Waals surface area contributed by atoms with Crippen LogP contribution >= 0.6 is 7.82 Å². The summed E-state index contributed by atoms with van der Waals surface area (Å²) in [6, 6.07) is 0. The molecule has 0 aliphatic carbocycles. The Balaban J connectivity index is -0.0000000267. The number of rotatable bonds is 0. The molecule has 0 saturated heterocycles. The predicted molar refractivity (Wildman–Crippen MR) is 22.8 cm³/mol. The Kier molecular flexibility index (Phi) is 27.1. The molecule has 8 heavy (non-hydrogen) atoms. The van der Waals surface area contributed by atoms with Crippen molar-refractivity contribution >= 4 is 45.6 Å². The first kappa shape index (κ1) is 22.4. The second kappa shape index (κ2) is 9.68. The Morgan fingerprint density at radius 1 is 1.12 bits per heavy atom. The van der Waals surface area contributed by atoms with E-state index >= 15 is 0 Å². The summed E-state index contributed by atoms with van der Waals surface area (Å²) in [7, 11) is -4.64. The molecule has 0 bridgehead atoms. The Labute approximate surface area is 104 Å². The van der Waals surface area contributed by atoms with E-state index in [1.807, 2.05) is 0 Å². The molecule has 0 spiro atoms. The van der Waals surface area contributed by atoms with Gasteiger partial charge < -0.3 is 14.7 Å². The van der Waals surface area contributed by atoms with E-state index in [0.717, 1.165) is 0 Å². The molecule has 0 aromatic heterocycles. The Morgan fingerprint density at radius 3 is 1.12 bits per heavy atom. The molecule has 3 N–H and O–H groups in total. The molecule has 0 amide bonds. The van der Waals surface area contributed by atoms with Crippen LogP contribution < -0.4 is 0 Å². The maximum atomic E-state index is 8.88. The van der Waals surface area contributed by atoms with Crippen LogP contribution in [0.2, 0.25) is 0 Å². The first-order valence-electron chi connectivity index (χ1n) is 0.783. The molecule has 0 aromatic rings. The van der Waals surface area contributed by atoms with Gasteiger partial charge in [0, 0.05) is 40.5 Å².